The summed E-state index contributed by atoms with van der Waals surface area (Å²) >= 11 is 16.6. The Morgan fingerprint density at radius 3 is 2.65 bits per heavy atom. The molecule has 2 aromatic carbocycles. The number of pyridine rings is 1. The molecular weight excluding hydrogens is 566 g/mol. The quantitative estimate of drug-likeness (QED) is 0.121. The van der Waals surface area contributed by atoms with Gasteiger partial charge in [0.05, 0.1) is 15.6 Å². The average molecular weight is 585 g/mol. The first-order valence-electron chi connectivity index (χ1n) is 9.07. The van der Waals surface area contributed by atoms with E-state index in [1.165, 1.54) is 4.57 Å². The van der Waals surface area contributed by atoms with Crippen molar-refractivity contribution in [2.24, 2.45) is 17.0 Å². The molecule has 0 amide bonds. The summed E-state index contributed by atoms with van der Waals surface area (Å²) in [5, 5.41) is 4.01. The lowest BCUT2D eigenvalue weighted by Gasteiger charge is -2.14. The molecule has 0 atom stereocenters. The van der Waals surface area contributed by atoms with Crippen LogP contribution in [0, 0.1) is 10.5 Å². The van der Waals surface area contributed by atoms with E-state index < -0.39 is 0 Å². The van der Waals surface area contributed by atoms with Gasteiger partial charge in [-0.15, -0.1) is 11.8 Å². The Labute approximate surface area is 208 Å². The second-order valence-corrected chi connectivity index (χ2v) is 9.42. The number of aromatic nitrogens is 1. The number of aliphatic imine (C=N–C) groups is 2. The van der Waals surface area contributed by atoms with Gasteiger partial charge in [-0.05, 0) is 84.4 Å². The molecule has 0 aliphatic rings. The summed E-state index contributed by atoms with van der Waals surface area (Å²) in [4.78, 5) is 22.8. The molecule has 1 N–H and O–H groups in total. The van der Waals surface area contributed by atoms with E-state index in [0.29, 0.717) is 27.0 Å². The van der Waals surface area contributed by atoms with Gasteiger partial charge < -0.3 is 5.32 Å². The van der Waals surface area contributed by atoms with Crippen molar-refractivity contribution in [2.75, 3.05) is 11.6 Å². The van der Waals surface area contributed by atoms with E-state index in [9.17, 15) is 4.79 Å². The normalized spacial score (nSPS) is 11.5. The van der Waals surface area contributed by atoms with Crippen LogP contribution in [0.2, 0.25) is 10.0 Å². The van der Waals surface area contributed by atoms with E-state index >= 15 is 0 Å². The molecule has 0 aliphatic heterocycles. The maximum Gasteiger partial charge on any atom is 0.259 e. The predicted octanol–water partition coefficient (Wildman–Crippen LogP) is 6.79. The predicted molar refractivity (Wildman–Crippen MR) is 143 cm³/mol. The summed E-state index contributed by atoms with van der Waals surface area (Å²) in [6, 6.07) is 13.2. The third-order valence-corrected chi connectivity index (χ3v) is 7.22. The van der Waals surface area contributed by atoms with Gasteiger partial charge in [-0.25, -0.2) is 4.99 Å². The molecule has 0 saturated carbocycles. The molecule has 160 valence electrons. The van der Waals surface area contributed by atoms with Crippen molar-refractivity contribution in [3.05, 3.63) is 72.0 Å². The van der Waals surface area contributed by atoms with E-state index in [4.69, 9.17) is 23.2 Å². The van der Waals surface area contributed by atoms with Crippen LogP contribution in [0.15, 0.2) is 62.1 Å². The summed E-state index contributed by atoms with van der Waals surface area (Å²) in [5.74, 6) is 0.747. The Kier molecular flexibility index (Phi) is 7.85. The third-order valence-electron chi connectivity index (χ3n) is 4.57. The minimum absolute atomic E-state index is 0.261. The molecule has 5 nitrogen and oxygen atoms in total. The lowest BCUT2D eigenvalue weighted by molar-refractivity contribution is 0.855. The van der Waals surface area contributed by atoms with Crippen molar-refractivity contribution < 1.29 is 0 Å². The summed E-state index contributed by atoms with van der Waals surface area (Å²) in [5.41, 5.74) is 2.27. The zero-order valence-electron chi connectivity index (χ0n) is 17.0. The zero-order valence-corrected chi connectivity index (χ0v) is 21.5. The van der Waals surface area contributed by atoms with E-state index in [0.717, 1.165) is 19.7 Å². The van der Waals surface area contributed by atoms with Crippen molar-refractivity contribution in [1.82, 2.24) is 4.57 Å². The third kappa shape index (κ3) is 5.16. The van der Waals surface area contributed by atoms with Crippen LogP contribution < -0.4 is 10.9 Å². The molecule has 9 heteroatoms. The van der Waals surface area contributed by atoms with E-state index in [1.807, 2.05) is 43.5 Å². The number of thioether (sulfide) groups is 1. The molecule has 1 aromatic heterocycles. The van der Waals surface area contributed by atoms with Crippen molar-refractivity contribution in [1.29, 1.82) is 0 Å². The molecule has 0 spiro atoms. The Hall–Kier alpha value is -1.81. The van der Waals surface area contributed by atoms with Crippen LogP contribution in [0.5, 0.6) is 0 Å². The molecule has 3 aromatic rings. The molecule has 0 saturated heterocycles. The zero-order chi connectivity index (χ0) is 22.7. The molecule has 0 fully saturated rings. The molecule has 3 rings (SSSR count). The van der Waals surface area contributed by atoms with Crippen molar-refractivity contribution in [2.45, 2.75) is 11.8 Å². The van der Waals surface area contributed by atoms with Gasteiger partial charge in [-0.1, -0.05) is 29.3 Å². The Bertz CT molecular complexity index is 1260. The fourth-order valence-electron chi connectivity index (χ4n) is 3.03. The average Bonchev–Trinajstić information content (AvgIpc) is 2.76. The SMILES string of the molecule is C=N/C(=N\c1c(C)cc(-c2c(Cl)ccc(I)c2Cl)c(=O)n1C)Nc1cccc(SC)c1. The number of nitrogens with one attached hydrogen (secondary N) is 1. The van der Waals surface area contributed by atoms with E-state index in [1.54, 1.807) is 30.9 Å². The van der Waals surface area contributed by atoms with Crippen LogP contribution >= 0.6 is 57.6 Å². The Morgan fingerprint density at radius 2 is 1.97 bits per heavy atom. The van der Waals surface area contributed by atoms with E-state index in [2.05, 4.69) is 44.6 Å². The number of rotatable bonds is 4. The van der Waals surface area contributed by atoms with Crippen LogP contribution in [0.4, 0.5) is 11.5 Å². The Morgan fingerprint density at radius 1 is 1.23 bits per heavy atom. The fourth-order valence-corrected chi connectivity index (χ4v) is 4.52. The van der Waals surface area contributed by atoms with Gasteiger partial charge >= 0.3 is 0 Å². The number of aryl methyl sites for hydroxylation is 1. The highest BCUT2D eigenvalue weighted by Crippen LogP contribution is 2.37. The largest absolute Gasteiger partial charge is 0.324 e. The molecule has 0 radical (unpaired) electrons. The van der Waals surface area contributed by atoms with Gasteiger partial charge in [0, 0.05) is 26.8 Å². The number of benzene rings is 2. The monoisotopic (exact) mass is 584 g/mol. The molecule has 1 heterocycles. The van der Waals surface area contributed by atoms with Gasteiger partial charge in [-0.3, -0.25) is 9.36 Å². The maximum atomic E-state index is 13.2. The number of halogens is 3. The first-order valence-corrected chi connectivity index (χ1v) is 12.1. The van der Waals surface area contributed by atoms with Crippen molar-refractivity contribution in [3.63, 3.8) is 0 Å². The molecule has 0 unspecified atom stereocenters. The standard InChI is InChI=1S/C22H19Cl2IN4OS/c1-12-10-15(18-16(23)8-9-17(25)19(18)24)21(30)29(3)20(12)28-22(26-2)27-13-6-5-7-14(11-13)31-4/h5-11H,2H2,1,3-4H3,(H,27,28). The fraction of sp³-hybridized carbons (Fsp3) is 0.136. The lowest BCUT2D eigenvalue weighted by atomic mass is 10.0. The van der Waals surface area contributed by atoms with Gasteiger partial charge in [0.25, 0.3) is 5.56 Å². The van der Waals surface area contributed by atoms with Crippen molar-refractivity contribution >= 4 is 81.7 Å². The minimum Gasteiger partial charge on any atom is -0.324 e. The van der Waals surface area contributed by atoms with Gasteiger partial charge in [0.2, 0.25) is 5.96 Å². The molecule has 0 bridgehead atoms. The molecule has 0 aliphatic carbocycles. The van der Waals surface area contributed by atoms with Crippen LogP contribution in [0.25, 0.3) is 11.1 Å². The van der Waals surface area contributed by atoms with Crippen LogP contribution in [0.3, 0.4) is 0 Å². The second-order valence-electron chi connectivity index (χ2n) is 6.60. The number of anilines is 1. The maximum absolute atomic E-state index is 13.2. The topological polar surface area (TPSA) is 58.8 Å². The highest BCUT2D eigenvalue weighted by molar-refractivity contribution is 14.1. The first kappa shape index (κ1) is 23.8. The van der Waals surface area contributed by atoms with Gasteiger partial charge in [0.1, 0.15) is 5.82 Å². The van der Waals surface area contributed by atoms with Crippen molar-refractivity contribution in [3.8, 4) is 11.1 Å². The second kappa shape index (κ2) is 10.2. The lowest BCUT2D eigenvalue weighted by Crippen LogP contribution is -2.20. The number of nitrogens with zero attached hydrogens (tertiary/aromatic N) is 3. The first-order chi connectivity index (χ1) is 14.8. The summed E-state index contributed by atoms with van der Waals surface area (Å²) in [7, 11) is 1.66. The highest BCUT2D eigenvalue weighted by atomic mass is 127. The van der Waals surface area contributed by atoms with Crippen LogP contribution in [-0.2, 0) is 7.05 Å². The minimum atomic E-state index is -0.261. The number of hydrogen-bond donors (Lipinski definition) is 1. The number of guanidine groups is 1. The summed E-state index contributed by atoms with van der Waals surface area (Å²) in [6.07, 6.45) is 2.01. The van der Waals surface area contributed by atoms with E-state index in [-0.39, 0.29) is 11.5 Å². The van der Waals surface area contributed by atoms with Gasteiger partial charge in [-0.2, -0.15) is 4.99 Å². The van der Waals surface area contributed by atoms with Crippen LogP contribution in [0.1, 0.15) is 5.56 Å². The smallest absolute Gasteiger partial charge is 0.259 e. The molecule has 31 heavy (non-hydrogen) atoms. The number of hydrogen-bond acceptors (Lipinski definition) is 3. The molecular formula is C22H19Cl2IN4OS. The summed E-state index contributed by atoms with van der Waals surface area (Å²) in [6.45, 7) is 5.47. The Balaban J connectivity index is 2.09. The highest BCUT2D eigenvalue weighted by Gasteiger charge is 2.18. The summed E-state index contributed by atoms with van der Waals surface area (Å²) < 4.78 is 2.28. The van der Waals surface area contributed by atoms with Crippen LogP contribution in [-0.4, -0.2) is 23.5 Å². The van der Waals surface area contributed by atoms with Gasteiger partial charge in [0.15, 0.2) is 0 Å².